The number of carbonyl (C=O) groups excluding carboxylic acids is 1. The maximum Gasteiger partial charge on any atom is 0.299 e. The van der Waals surface area contributed by atoms with E-state index in [2.05, 4.69) is 25.2 Å². The summed E-state index contributed by atoms with van der Waals surface area (Å²) < 4.78 is 0. The lowest BCUT2D eigenvalue weighted by Gasteiger charge is -2.41. The number of aliphatic hydroxyl groups excluding tert-OH is 1. The van der Waals surface area contributed by atoms with Gasteiger partial charge in [-0.3, -0.25) is 4.79 Å². The summed E-state index contributed by atoms with van der Waals surface area (Å²) in [4.78, 5) is 26.7. The number of aromatic nitrogens is 4. The van der Waals surface area contributed by atoms with Crippen molar-refractivity contribution >= 4 is 23.5 Å². The van der Waals surface area contributed by atoms with Crippen molar-refractivity contribution in [3.05, 3.63) is 60.0 Å². The predicted molar refractivity (Wildman–Crippen MR) is 126 cm³/mol. The van der Waals surface area contributed by atoms with E-state index in [1.54, 1.807) is 36.5 Å². The van der Waals surface area contributed by atoms with Gasteiger partial charge in [-0.2, -0.15) is 4.99 Å². The van der Waals surface area contributed by atoms with Gasteiger partial charge in [0.25, 0.3) is 5.91 Å². The fraction of sp³-hybridized carbons (Fsp3) is 0.304. The number of amidine groups is 1. The van der Waals surface area contributed by atoms with Gasteiger partial charge in [0.1, 0.15) is 5.84 Å². The van der Waals surface area contributed by atoms with E-state index >= 15 is 0 Å². The average Bonchev–Trinajstić information content (AvgIpc) is 2.79. The first kappa shape index (κ1) is 22.3. The van der Waals surface area contributed by atoms with Gasteiger partial charge >= 0.3 is 0 Å². The van der Waals surface area contributed by atoms with Gasteiger partial charge in [-0.05, 0) is 36.1 Å². The number of benzene rings is 1. The van der Waals surface area contributed by atoms with E-state index in [4.69, 9.17) is 16.6 Å². The van der Waals surface area contributed by atoms with E-state index in [-0.39, 0.29) is 24.1 Å². The number of likely N-dealkylation sites (N-methyl/N-ethyl adjacent to an activating group) is 1. The summed E-state index contributed by atoms with van der Waals surface area (Å²) in [6, 6.07) is 11.2. The van der Waals surface area contributed by atoms with Gasteiger partial charge in [0.2, 0.25) is 5.95 Å². The Morgan fingerprint density at radius 1 is 1.09 bits per heavy atom. The molecule has 0 unspecified atom stereocenters. The van der Waals surface area contributed by atoms with Crippen molar-refractivity contribution in [2.24, 2.45) is 10.7 Å². The standard InChI is InChI=1S/C23H26N8O2/c1-31(11-12-32)19-8-7-18(29-30-19)20(33)28-21(24)23(9-2-10-23)17-5-3-15(4-6-17)16-13-26-22(25)27-14-16/h3-8,13-14,32H,2,9-12H2,1H3,(H2,24,28,33)(H2,25,26,27). The molecule has 0 saturated heterocycles. The molecule has 2 heterocycles. The second kappa shape index (κ2) is 9.29. The third-order valence-electron chi connectivity index (χ3n) is 6.06. The lowest BCUT2D eigenvalue weighted by atomic mass is 9.63. The van der Waals surface area contributed by atoms with Crippen molar-refractivity contribution in [2.45, 2.75) is 24.7 Å². The van der Waals surface area contributed by atoms with Crippen molar-refractivity contribution < 1.29 is 9.90 Å². The summed E-state index contributed by atoms with van der Waals surface area (Å²) in [5, 5.41) is 17.1. The molecule has 1 aromatic carbocycles. The lowest BCUT2D eigenvalue weighted by molar-refractivity contribution is 0.0995. The summed E-state index contributed by atoms with van der Waals surface area (Å²) in [7, 11) is 1.78. The van der Waals surface area contributed by atoms with Crippen LogP contribution >= 0.6 is 0 Å². The van der Waals surface area contributed by atoms with Crippen molar-refractivity contribution in [1.82, 2.24) is 20.2 Å². The second-order valence-electron chi connectivity index (χ2n) is 8.07. The Balaban J connectivity index is 1.53. The van der Waals surface area contributed by atoms with Gasteiger partial charge in [0.15, 0.2) is 11.5 Å². The van der Waals surface area contributed by atoms with Crippen LogP contribution in [0.3, 0.4) is 0 Å². The highest BCUT2D eigenvalue weighted by Crippen LogP contribution is 2.44. The molecule has 0 radical (unpaired) electrons. The number of hydrogen-bond acceptors (Lipinski definition) is 8. The van der Waals surface area contributed by atoms with Crippen molar-refractivity contribution in [3.8, 4) is 11.1 Å². The minimum absolute atomic E-state index is 0.00346. The molecule has 0 aliphatic heterocycles. The van der Waals surface area contributed by atoms with Crippen LogP contribution in [0.1, 0.15) is 35.3 Å². The number of aliphatic hydroxyl groups is 1. The van der Waals surface area contributed by atoms with Crippen LogP contribution in [0.5, 0.6) is 0 Å². The van der Waals surface area contributed by atoms with Crippen molar-refractivity contribution in [1.29, 1.82) is 0 Å². The molecule has 0 atom stereocenters. The smallest absolute Gasteiger partial charge is 0.299 e. The maximum atomic E-state index is 12.7. The highest BCUT2D eigenvalue weighted by atomic mass is 16.3. The van der Waals surface area contributed by atoms with Gasteiger partial charge in [-0.25, -0.2) is 9.97 Å². The number of aliphatic imine (C=N–C) groups is 1. The van der Waals surface area contributed by atoms with Crippen molar-refractivity contribution in [2.75, 3.05) is 30.8 Å². The van der Waals surface area contributed by atoms with Crippen LogP contribution in [-0.2, 0) is 5.41 Å². The molecule has 2 aromatic heterocycles. The lowest BCUT2D eigenvalue weighted by Crippen LogP contribution is -2.47. The molecule has 3 aromatic rings. The van der Waals surface area contributed by atoms with Gasteiger partial charge < -0.3 is 21.5 Å². The number of nitrogens with zero attached hydrogens (tertiary/aromatic N) is 6. The highest BCUT2D eigenvalue weighted by Gasteiger charge is 2.43. The molecule has 1 amide bonds. The van der Waals surface area contributed by atoms with Gasteiger partial charge in [-0.15, -0.1) is 10.2 Å². The Hall–Kier alpha value is -3.92. The second-order valence-corrected chi connectivity index (χ2v) is 8.07. The van der Waals surface area contributed by atoms with Gasteiger partial charge in [0.05, 0.1) is 12.0 Å². The first-order valence-electron chi connectivity index (χ1n) is 10.7. The fourth-order valence-corrected chi connectivity index (χ4v) is 3.87. The number of amides is 1. The Kier molecular flexibility index (Phi) is 6.27. The molecular formula is C23H26N8O2. The van der Waals surface area contributed by atoms with Crippen LogP contribution in [0.15, 0.2) is 53.8 Å². The van der Waals surface area contributed by atoms with Crippen LogP contribution in [-0.4, -0.2) is 57.2 Å². The third kappa shape index (κ3) is 4.51. The number of rotatable bonds is 7. The first-order valence-corrected chi connectivity index (χ1v) is 10.7. The molecule has 0 spiro atoms. The third-order valence-corrected chi connectivity index (χ3v) is 6.06. The minimum Gasteiger partial charge on any atom is -0.395 e. The number of carbonyl (C=O) groups is 1. The zero-order valence-electron chi connectivity index (χ0n) is 18.3. The van der Waals surface area contributed by atoms with Gasteiger partial charge in [0, 0.05) is 31.5 Å². The van der Waals surface area contributed by atoms with Crippen LogP contribution in [0.4, 0.5) is 11.8 Å². The number of nitrogens with two attached hydrogens (primary N) is 2. The monoisotopic (exact) mass is 446 g/mol. The van der Waals surface area contributed by atoms with E-state index in [0.717, 1.165) is 36.0 Å². The van der Waals surface area contributed by atoms with Crippen LogP contribution in [0, 0.1) is 0 Å². The molecule has 1 saturated carbocycles. The van der Waals surface area contributed by atoms with Gasteiger partial charge in [-0.1, -0.05) is 30.7 Å². The molecule has 1 aliphatic rings. The summed E-state index contributed by atoms with van der Waals surface area (Å²) in [6.07, 6.45) is 5.99. The Bertz CT molecular complexity index is 1140. The minimum atomic E-state index is -0.529. The summed E-state index contributed by atoms with van der Waals surface area (Å²) in [5.74, 6) is 0.539. The molecule has 4 rings (SSSR count). The maximum absolute atomic E-state index is 12.7. The normalized spacial score (nSPS) is 15.0. The quantitative estimate of drug-likeness (QED) is 0.362. The average molecular weight is 447 g/mol. The van der Waals surface area contributed by atoms with Crippen molar-refractivity contribution in [3.63, 3.8) is 0 Å². The number of nitrogen functional groups attached to an aromatic ring is 1. The van der Waals surface area contributed by atoms with E-state index < -0.39 is 11.3 Å². The SMILES string of the molecule is CN(CCO)c1ccc(C(=O)N=C(N)C2(c3ccc(-c4cnc(N)nc4)cc3)CCC2)nn1. The molecule has 10 nitrogen and oxygen atoms in total. The molecule has 33 heavy (non-hydrogen) atoms. The molecule has 5 N–H and O–H groups in total. The molecule has 0 bridgehead atoms. The van der Waals surface area contributed by atoms with Crippen LogP contribution in [0.25, 0.3) is 11.1 Å². The fourth-order valence-electron chi connectivity index (χ4n) is 3.87. The summed E-state index contributed by atoms with van der Waals surface area (Å²) in [6.45, 7) is 0.413. The van der Waals surface area contributed by atoms with Crippen LogP contribution < -0.4 is 16.4 Å². The zero-order valence-corrected chi connectivity index (χ0v) is 18.3. The van der Waals surface area contributed by atoms with E-state index in [9.17, 15) is 4.79 Å². The summed E-state index contributed by atoms with van der Waals surface area (Å²) in [5.41, 5.74) is 14.4. The molecule has 10 heteroatoms. The number of anilines is 2. The largest absolute Gasteiger partial charge is 0.395 e. The predicted octanol–water partition coefficient (Wildman–Crippen LogP) is 1.56. The molecule has 170 valence electrons. The van der Waals surface area contributed by atoms with E-state index in [0.29, 0.717) is 12.4 Å². The topological polar surface area (TPSA) is 156 Å². The Morgan fingerprint density at radius 2 is 1.79 bits per heavy atom. The molecular weight excluding hydrogens is 420 g/mol. The molecule has 1 aliphatic carbocycles. The summed E-state index contributed by atoms with van der Waals surface area (Å²) >= 11 is 0. The Morgan fingerprint density at radius 3 is 2.33 bits per heavy atom. The van der Waals surface area contributed by atoms with E-state index in [1.165, 1.54) is 0 Å². The number of hydrogen-bond donors (Lipinski definition) is 3. The van der Waals surface area contributed by atoms with E-state index in [1.807, 2.05) is 24.3 Å². The Labute approximate surface area is 191 Å². The highest BCUT2D eigenvalue weighted by molar-refractivity contribution is 6.05. The molecule has 1 fully saturated rings. The van der Waals surface area contributed by atoms with Crippen LogP contribution in [0.2, 0.25) is 0 Å². The zero-order chi connectivity index (χ0) is 23.4. The first-order chi connectivity index (χ1) is 15.9.